The lowest BCUT2D eigenvalue weighted by Crippen LogP contribution is -2.50. The van der Waals surface area contributed by atoms with E-state index in [1.807, 2.05) is 0 Å². The molecule has 6 heteroatoms. The van der Waals surface area contributed by atoms with Crippen LogP contribution in [-0.4, -0.2) is 30.9 Å². The monoisotopic (exact) mass is 314 g/mol. The van der Waals surface area contributed by atoms with Crippen LogP contribution in [0.2, 0.25) is 0 Å². The fourth-order valence-electron chi connectivity index (χ4n) is 3.25. The molecule has 0 radical (unpaired) electrons. The Labute approximate surface area is 124 Å². The van der Waals surface area contributed by atoms with Crippen molar-refractivity contribution in [3.05, 3.63) is 15.6 Å². The molecule has 1 aromatic rings. The first kappa shape index (κ1) is 14.5. The number of hydrogen-bond donors (Lipinski definition) is 1. The summed E-state index contributed by atoms with van der Waals surface area (Å²) in [5.41, 5.74) is 1.03. The summed E-state index contributed by atoms with van der Waals surface area (Å²) in [5, 5.41) is 4.74. The van der Waals surface area contributed by atoms with Crippen molar-refractivity contribution in [3.63, 3.8) is 0 Å². The van der Waals surface area contributed by atoms with Gasteiger partial charge in [0, 0.05) is 10.9 Å². The minimum Gasteiger partial charge on any atom is -0.303 e. The highest BCUT2D eigenvalue weighted by Gasteiger charge is 2.42. The molecule has 0 atom stereocenters. The lowest BCUT2D eigenvalue weighted by Gasteiger charge is -2.38. The third kappa shape index (κ3) is 2.65. The van der Waals surface area contributed by atoms with Gasteiger partial charge in [0.2, 0.25) is 0 Å². The van der Waals surface area contributed by atoms with Crippen LogP contribution in [0, 0.1) is 0 Å². The largest absolute Gasteiger partial charge is 0.303 e. The normalized spacial score (nSPS) is 23.9. The van der Waals surface area contributed by atoms with Crippen LogP contribution in [0.1, 0.15) is 48.7 Å². The van der Waals surface area contributed by atoms with E-state index in [0.717, 1.165) is 17.8 Å². The molecule has 2 heterocycles. The maximum Gasteiger partial charge on any atom is 0.150 e. The zero-order valence-corrected chi connectivity index (χ0v) is 13.7. The Morgan fingerprint density at radius 1 is 1.25 bits per heavy atom. The number of fused-ring (bicyclic) bond motifs is 1. The molecule has 0 amide bonds. The van der Waals surface area contributed by atoms with Crippen LogP contribution in [0.25, 0.3) is 0 Å². The number of nitrogens with one attached hydrogen (secondary N) is 1. The van der Waals surface area contributed by atoms with Crippen molar-refractivity contribution in [2.45, 2.75) is 57.5 Å². The average Bonchev–Trinajstić information content (AvgIpc) is 2.92. The molecule has 0 bridgehead atoms. The molecule has 2 aliphatic rings. The molecule has 0 saturated carbocycles. The van der Waals surface area contributed by atoms with Crippen LogP contribution in [0.3, 0.4) is 0 Å². The van der Waals surface area contributed by atoms with Crippen molar-refractivity contribution < 1.29 is 8.42 Å². The van der Waals surface area contributed by atoms with Gasteiger partial charge >= 0.3 is 0 Å². The predicted molar refractivity (Wildman–Crippen MR) is 82.0 cm³/mol. The number of thiazole rings is 1. The molecule has 0 unspecified atom stereocenters. The van der Waals surface area contributed by atoms with Gasteiger partial charge in [-0.3, -0.25) is 0 Å². The topological polar surface area (TPSA) is 59.1 Å². The maximum absolute atomic E-state index is 11.8. The fourth-order valence-corrected chi connectivity index (χ4v) is 6.14. The van der Waals surface area contributed by atoms with E-state index >= 15 is 0 Å². The van der Waals surface area contributed by atoms with E-state index in [1.165, 1.54) is 17.0 Å². The molecule has 1 fully saturated rings. The van der Waals surface area contributed by atoms with Gasteiger partial charge < -0.3 is 5.32 Å². The van der Waals surface area contributed by atoms with Crippen molar-refractivity contribution in [2.24, 2.45) is 0 Å². The summed E-state index contributed by atoms with van der Waals surface area (Å²) in [6, 6.07) is 0.328. The summed E-state index contributed by atoms with van der Waals surface area (Å²) in [6.07, 6.45) is 4.75. The Bertz CT molecular complexity index is 569. The molecule has 112 valence electrons. The van der Waals surface area contributed by atoms with Gasteiger partial charge in [-0.05, 0) is 46.0 Å². The second-order valence-electron chi connectivity index (χ2n) is 6.28. The van der Waals surface area contributed by atoms with E-state index in [9.17, 15) is 8.42 Å². The number of aromatic nitrogens is 1. The number of rotatable bonds is 3. The third-order valence-corrected chi connectivity index (χ3v) is 7.26. The second kappa shape index (κ2) is 5.07. The molecule has 1 aliphatic carbocycles. The van der Waals surface area contributed by atoms with E-state index in [4.69, 9.17) is 4.98 Å². The first-order valence-corrected chi connectivity index (χ1v) is 10.0. The number of aryl methyl sites for hydroxylation is 2. The van der Waals surface area contributed by atoms with E-state index in [-0.39, 0.29) is 17.0 Å². The molecule has 0 aromatic carbocycles. The quantitative estimate of drug-likeness (QED) is 0.927. The summed E-state index contributed by atoms with van der Waals surface area (Å²) >= 11 is 1.80. The summed E-state index contributed by atoms with van der Waals surface area (Å²) in [4.78, 5) is 6.26. The molecule has 1 aliphatic heterocycles. The molecule has 20 heavy (non-hydrogen) atoms. The number of hydrogen-bond acceptors (Lipinski definition) is 5. The van der Waals surface area contributed by atoms with Crippen LogP contribution in [0.5, 0.6) is 0 Å². The molecule has 1 N–H and O–H groups in total. The van der Waals surface area contributed by atoms with Gasteiger partial charge in [-0.25, -0.2) is 13.4 Å². The zero-order valence-electron chi connectivity index (χ0n) is 12.1. The zero-order chi connectivity index (χ0) is 14.4. The molecular formula is C14H22N2O2S2. The Balaban J connectivity index is 1.93. The SMILES string of the molecule is CC(C)NC1(c2nc3c(s2)CCC3)CCS(=O)(=O)CC1. The maximum atomic E-state index is 11.8. The highest BCUT2D eigenvalue weighted by Crippen LogP contribution is 2.39. The molecule has 0 spiro atoms. The Morgan fingerprint density at radius 2 is 1.95 bits per heavy atom. The third-order valence-electron chi connectivity index (χ3n) is 4.25. The average molecular weight is 314 g/mol. The Hall–Kier alpha value is -0.460. The standard InChI is InChI=1S/C14H22N2O2S2/c1-10(2)16-14(6-8-20(17,18)9-7-14)13-15-11-4-3-5-12(11)19-13/h10,16H,3-9H2,1-2H3. The van der Waals surface area contributed by atoms with Crippen molar-refractivity contribution in [2.75, 3.05) is 11.5 Å². The summed E-state index contributed by atoms with van der Waals surface area (Å²) in [6.45, 7) is 4.23. The van der Waals surface area contributed by atoms with Crippen LogP contribution in [0.15, 0.2) is 0 Å². The Morgan fingerprint density at radius 3 is 2.55 bits per heavy atom. The number of sulfone groups is 1. The highest BCUT2D eigenvalue weighted by atomic mass is 32.2. The highest BCUT2D eigenvalue weighted by molar-refractivity contribution is 7.91. The molecule has 1 saturated heterocycles. The smallest absolute Gasteiger partial charge is 0.150 e. The molecule has 4 nitrogen and oxygen atoms in total. The predicted octanol–water partition coefficient (Wildman–Crippen LogP) is 2.03. The van der Waals surface area contributed by atoms with E-state index < -0.39 is 9.84 Å². The van der Waals surface area contributed by atoms with Crippen molar-refractivity contribution in [1.82, 2.24) is 10.3 Å². The number of nitrogens with zero attached hydrogens (tertiary/aromatic N) is 1. The minimum absolute atomic E-state index is 0.228. The van der Waals surface area contributed by atoms with E-state index in [2.05, 4.69) is 19.2 Å². The lowest BCUT2D eigenvalue weighted by atomic mass is 9.92. The molecule has 3 rings (SSSR count). The van der Waals surface area contributed by atoms with E-state index in [0.29, 0.717) is 18.9 Å². The first-order chi connectivity index (χ1) is 9.40. The van der Waals surface area contributed by atoms with Crippen LogP contribution in [-0.2, 0) is 28.2 Å². The summed E-state index contributed by atoms with van der Waals surface area (Å²) in [5.74, 6) is 0.550. The van der Waals surface area contributed by atoms with Crippen molar-refractivity contribution >= 4 is 21.2 Å². The fraction of sp³-hybridized carbons (Fsp3) is 0.786. The van der Waals surface area contributed by atoms with Gasteiger partial charge in [0.1, 0.15) is 14.8 Å². The van der Waals surface area contributed by atoms with Crippen LogP contribution < -0.4 is 5.32 Å². The Kier molecular flexibility index (Phi) is 3.67. The summed E-state index contributed by atoms with van der Waals surface area (Å²) in [7, 11) is -2.86. The molecule has 1 aromatic heterocycles. The second-order valence-corrected chi connectivity index (χ2v) is 9.66. The minimum atomic E-state index is -2.86. The van der Waals surface area contributed by atoms with Gasteiger partial charge in [-0.2, -0.15) is 0 Å². The summed E-state index contributed by atoms with van der Waals surface area (Å²) < 4.78 is 23.5. The van der Waals surface area contributed by atoms with E-state index in [1.54, 1.807) is 11.3 Å². The van der Waals surface area contributed by atoms with Crippen molar-refractivity contribution in [3.8, 4) is 0 Å². The van der Waals surface area contributed by atoms with Gasteiger partial charge in [0.15, 0.2) is 0 Å². The van der Waals surface area contributed by atoms with Gasteiger partial charge in [0.05, 0.1) is 22.7 Å². The van der Waals surface area contributed by atoms with Gasteiger partial charge in [-0.1, -0.05) is 0 Å². The first-order valence-electron chi connectivity index (χ1n) is 7.37. The molecular weight excluding hydrogens is 292 g/mol. The lowest BCUT2D eigenvalue weighted by molar-refractivity contribution is 0.275. The van der Waals surface area contributed by atoms with Gasteiger partial charge in [0.25, 0.3) is 0 Å². The van der Waals surface area contributed by atoms with Crippen molar-refractivity contribution in [1.29, 1.82) is 0 Å². The van der Waals surface area contributed by atoms with Crippen LogP contribution in [0.4, 0.5) is 0 Å². The van der Waals surface area contributed by atoms with Gasteiger partial charge in [-0.15, -0.1) is 11.3 Å². The van der Waals surface area contributed by atoms with Crippen LogP contribution >= 0.6 is 11.3 Å².